The Bertz CT molecular complexity index is 114. The molecule has 1 nitrogen and oxygen atoms in total. The number of carbonyl (C=O) groups excluding carboxylic acids is 1. The van der Waals surface area contributed by atoms with Gasteiger partial charge in [0.15, 0.2) is 0 Å². The van der Waals surface area contributed by atoms with Gasteiger partial charge in [-0.2, -0.15) is 0 Å². The highest BCUT2D eigenvalue weighted by atomic mass is 16.1. The molecule has 0 heterocycles. The summed E-state index contributed by atoms with van der Waals surface area (Å²) in [5.41, 5.74) is 1.29. The molecule has 0 N–H and O–H groups in total. The standard InChI is InChI=1S/C8H14O/c1-4-7(2)5-8(3)6-9/h4,6,8H,5H2,1-3H3/b7-4+/t8-/m1/s1. The van der Waals surface area contributed by atoms with E-state index < -0.39 is 0 Å². The summed E-state index contributed by atoms with van der Waals surface area (Å²) in [7, 11) is 0. The molecule has 52 valence electrons. The van der Waals surface area contributed by atoms with E-state index in [0.29, 0.717) is 0 Å². The van der Waals surface area contributed by atoms with Gasteiger partial charge in [0.25, 0.3) is 0 Å². The fraction of sp³-hybridized carbons (Fsp3) is 0.625. The highest BCUT2D eigenvalue weighted by molar-refractivity contribution is 5.53. The van der Waals surface area contributed by atoms with Crippen molar-refractivity contribution >= 4 is 6.29 Å². The van der Waals surface area contributed by atoms with Gasteiger partial charge in [0, 0.05) is 5.92 Å². The molecule has 0 aliphatic rings. The quantitative estimate of drug-likeness (QED) is 0.418. The molecule has 1 heteroatoms. The molecule has 0 aromatic rings. The predicted octanol–water partition coefficient (Wildman–Crippen LogP) is 2.18. The smallest absolute Gasteiger partial charge is 0.123 e. The Hall–Kier alpha value is -0.590. The van der Waals surface area contributed by atoms with Crippen LogP contribution in [0.25, 0.3) is 0 Å². The van der Waals surface area contributed by atoms with Crippen LogP contribution in [-0.2, 0) is 4.79 Å². The van der Waals surface area contributed by atoms with Crippen LogP contribution in [0.1, 0.15) is 27.2 Å². The molecular formula is C8H14O. The molecule has 0 saturated heterocycles. The van der Waals surface area contributed by atoms with Crippen molar-refractivity contribution in [3.63, 3.8) is 0 Å². The normalized spacial score (nSPS) is 15.2. The molecule has 0 aromatic carbocycles. The van der Waals surface area contributed by atoms with Gasteiger partial charge in [-0.25, -0.2) is 0 Å². The second-order valence-corrected chi connectivity index (χ2v) is 2.45. The van der Waals surface area contributed by atoms with Crippen molar-refractivity contribution in [2.45, 2.75) is 27.2 Å². The van der Waals surface area contributed by atoms with Crippen molar-refractivity contribution in [3.8, 4) is 0 Å². The van der Waals surface area contributed by atoms with Gasteiger partial charge in [0.2, 0.25) is 0 Å². The molecule has 0 unspecified atom stereocenters. The molecular weight excluding hydrogens is 112 g/mol. The number of hydrogen-bond acceptors (Lipinski definition) is 1. The first-order valence-corrected chi connectivity index (χ1v) is 3.27. The van der Waals surface area contributed by atoms with E-state index in [2.05, 4.69) is 0 Å². The molecule has 0 bridgehead atoms. The first-order valence-electron chi connectivity index (χ1n) is 3.27. The lowest BCUT2D eigenvalue weighted by Crippen LogP contribution is -1.95. The first kappa shape index (κ1) is 8.41. The van der Waals surface area contributed by atoms with Gasteiger partial charge in [-0.15, -0.1) is 0 Å². The number of allylic oxidation sites excluding steroid dienone is 2. The maximum Gasteiger partial charge on any atom is 0.123 e. The van der Waals surface area contributed by atoms with Crippen LogP contribution in [-0.4, -0.2) is 6.29 Å². The minimum absolute atomic E-state index is 0.182. The van der Waals surface area contributed by atoms with Crippen LogP contribution in [0.2, 0.25) is 0 Å². The Labute approximate surface area is 56.8 Å². The molecule has 0 aliphatic heterocycles. The number of hydrogen-bond donors (Lipinski definition) is 0. The van der Waals surface area contributed by atoms with Crippen LogP contribution in [0.15, 0.2) is 11.6 Å². The van der Waals surface area contributed by atoms with E-state index in [9.17, 15) is 4.79 Å². The summed E-state index contributed by atoms with van der Waals surface area (Å²) in [6.45, 7) is 5.97. The molecule has 0 saturated carbocycles. The molecule has 0 rings (SSSR count). The highest BCUT2D eigenvalue weighted by Crippen LogP contribution is 2.06. The third-order valence-electron chi connectivity index (χ3n) is 1.37. The van der Waals surface area contributed by atoms with Crippen LogP contribution in [0, 0.1) is 5.92 Å². The van der Waals surface area contributed by atoms with Gasteiger partial charge in [-0.05, 0) is 20.3 Å². The minimum atomic E-state index is 0.182. The molecule has 0 amide bonds. The van der Waals surface area contributed by atoms with E-state index >= 15 is 0 Å². The van der Waals surface area contributed by atoms with E-state index in [1.54, 1.807) is 0 Å². The minimum Gasteiger partial charge on any atom is -0.303 e. The SMILES string of the molecule is C/C=C(\C)C[C@@H](C)C=O. The summed E-state index contributed by atoms with van der Waals surface area (Å²) < 4.78 is 0. The fourth-order valence-corrected chi connectivity index (χ4v) is 0.674. The van der Waals surface area contributed by atoms with Gasteiger partial charge in [-0.3, -0.25) is 0 Å². The van der Waals surface area contributed by atoms with E-state index in [1.165, 1.54) is 5.57 Å². The van der Waals surface area contributed by atoms with Crippen molar-refractivity contribution in [2.24, 2.45) is 5.92 Å². The van der Waals surface area contributed by atoms with Crippen molar-refractivity contribution in [2.75, 3.05) is 0 Å². The van der Waals surface area contributed by atoms with Gasteiger partial charge in [0.05, 0.1) is 0 Å². The number of aldehydes is 1. The van der Waals surface area contributed by atoms with E-state index in [1.807, 2.05) is 26.8 Å². The topological polar surface area (TPSA) is 17.1 Å². The number of rotatable bonds is 3. The second kappa shape index (κ2) is 4.30. The van der Waals surface area contributed by atoms with Crippen LogP contribution in [0.5, 0.6) is 0 Å². The molecule has 0 fully saturated rings. The summed E-state index contributed by atoms with van der Waals surface area (Å²) in [6.07, 6.45) is 3.94. The lowest BCUT2D eigenvalue weighted by atomic mass is 10.0. The predicted molar refractivity (Wildman–Crippen MR) is 39.3 cm³/mol. The first-order chi connectivity index (χ1) is 4.20. The zero-order valence-corrected chi connectivity index (χ0v) is 6.35. The van der Waals surface area contributed by atoms with Gasteiger partial charge >= 0.3 is 0 Å². The average Bonchev–Trinajstić information content (AvgIpc) is 1.87. The van der Waals surface area contributed by atoms with Crippen molar-refractivity contribution in [1.29, 1.82) is 0 Å². The fourth-order valence-electron chi connectivity index (χ4n) is 0.674. The summed E-state index contributed by atoms with van der Waals surface area (Å²) >= 11 is 0. The Morgan fingerprint density at radius 1 is 1.67 bits per heavy atom. The van der Waals surface area contributed by atoms with Crippen molar-refractivity contribution in [1.82, 2.24) is 0 Å². The van der Waals surface area contributed by atoms with E-state index in [0.717, 1.165) is 12.7 Å². The van der Waals surface area contributed by atoms with Crippen LogP contribution >= 0.6 is 0 Å². The average molecular weight is 126 g/mol. The lowest BCUT2D eigenvalue weighted by Gasteiger charge is -2.00. The molecule has 9 heavy (non-hydrogen) atoms. The highest BCUT2D eigenvalue weighted by Gasteiger charge is 1.97. The zero-order valence-electron chi connectivity index (χ0n) is 6.35. The van der Waals surface area contributed by atoms with Crippen LogP contribution in [0.3, 0.4) is 0 Å². The van der Waals surface area contributed by atoms with E-state index in [-0.39, 0.29) is 5.92 Å². The summed E-state index contributed by atoms with van der Waals surface area (Å²) in [5.74, 6) is 0.182. The Kier molecular flexibility index (Phi) is 4.02. The summed E-state index contributed by atoms with van der Waals surface area (Å²) in [6, 6.07) is 0. The molecule has 1 atom stereocenters. The second-order valence-electron chi connectivity index (χ2n) is 2.45. The lowest BCUT2D eigenvalue weighted by molar-refractivity contribution is -0.110. The van der Waals surface area contributed by atoms with Crippen molar-refractivity contribution in [3.05, 3.63) is 11.6 Å². The van der Waals surface area contributed by atoms with Crippen molar-refractivity contribution < 1.29 is 4.79 Å². The maximum atomic E-state index is 10.1. The van der Waals surface area contributed by atoms with Crippen LogP contribution in [0.4, 0.5) is 0 Å². The zero-order chi connectivity index (χ0) is 7.28. The van der Waals surface area contributed by atoms with E-state index in [4.69, 9.17) is 0 Å². The van der Waals surface area contributed by atoms with Gasteiger partial charge < -0.3 is 4.79 Å². The third-order valence-corrected chi connectivity index (χ3v) is 1.37. The Morgan fingerprint density at radius 3 is 2.56 bits per heavy atom. The van der Waals surface area contributed by atoms with Gasteiger partial charge in [0.1, 0.15) is 6.29 Å². The Morgan fingerprint density at radius 2 is 2.22 bits per heavy atom. The molecule has 0 radical (unpaired) electrons. The third kappa shape index (κ3) is 3.95. The summed E-state index contributed by atoms with van der Waals surface area (Å²) in [4.78, 5) is 10.1. The molecule has 0 aromatic heterocycles. The summed E-state index contributed by atoms with van der Waals surface area (Å²) in [5, 5.41) is 0. The van der Waals surface area contributed by atoms with Crippen LogP contribution < -0.4 is 0 Å². The number of carbonyl (C=O) groups is 1. The largest absolute Gasteiger partial charge is 0.303 e. The molecule has 0 aliphatic carbocycles. The molecule has 0 spiro atoms. The monoisotopic (exact) mass is 126 g/mol. The van der Waals surface area contributed by atoms with Gasteiger partial charge in [-0.1, -0.05) is 18.6 Å². The maximum absolute atomic E-state index is 10.1. The Balaban J connectivity index is 3.59.